The Labute approximate surface area is 130 Å². The lowest BCUT2D eigenvalue weighted by Crippen LogP contribution is -2.64. The van der Waals surface area contributed by atoms with Crippen molar-refractivity contribution in [1.29, 1.82) is 0 Å². The van der Waals surface area contributed by atoms with Gasteiger partial charge in [-0.15, -0.1) is 0 Å². The molecule has 2 rings (SSSR count). The van der Waals surface area contributed by atoms with Gasteiger partial charge in [0.1, 0.15) is 48.8 Å². The van der Waals surface area contributed by atoms with Crippen LogP contribution in [0.3, 0.4) is 0 Å². The number of hydrogen-bond donors (Lipinski definition) is 8. The molecule has 10 atom stereocenters. The molecule has 2 fully saturated rings. The van der Waals surface area contributed by atoms with Crippen LogP contribution in [-0.2, 0) is 14.2 Å². The smallest absolute Gasteiger partial charge is 0.187 e. The Bertz CT molecular complexity index is 378. The van der Waals surface area contributed by atoms with E-state index in [2.05, 4.69) is 0 Å². The Morgan fingerprint density at radius 1 is 0.652 bits per heavy atom. The molecule has 0 aromatic carbocycles. The number of rotatable bonds is 4. The van der Waals surface area contributed by atoms with Gasteiger partial charge in [-0.1, -0.05) is 0 Å². The first kappa shape index (κ1) is 18.9. The minimum atomic E-state index is -1.74. The molecule has 0 radical (unpaired) electrons. The zero-order chi connectivity index (χ0) is 17.3. The second kappa shape index (κ2) is 7.63. The SMILES string of the molecule is OCC1O[C@@H](O[C@H]2C(O)C(O)[C@H](O)O[C@H]2CO)C(O)C(O)[C@H]1O. The average Bonchev–Trinajstić information content (AvgIpc) is 2.55. The molecule has 0 aliphatic carbocycles. The Morgan fingerprint density at radius 3 is 1.83 bits per heavy atom. The molecule has 11 nitrogen and oxygen atoms in total. The fourth-order valence-corrected chi connectivity index (χ4v) is 2.57. The largest absolute Gasteiger partial charge is 0.394 e. The highest BCUT2D eigenvalue weighted by molar-refractivity contribution is 4.93. The number of aliphatic hydroxyl groups is 8. The fourth-order valence-electron chi connectivity index (χ4n) is 2.57. The quantitative estimate of drug-likeness (QED) is 0.243. The summed E-state index contributed by atoms with van der Waals surface area (Å²) >= 11 is 0. The van der Waals surface area contributed by atoms with Crippen molar-refractivity contribution in [2.24, 2.45) is 0 Å². The molecular weight excluding hydrogens is 320 g/mol. The number of aliphatic hydroxyl groups excluding tert-OH is 8. The van der Waals surface area contributed by atoms with E-state index < -0.39 is 74.6 Å². The first-order valence-electron chi connectivity index (χ1n) is 7.08. The molecule has 2 heterocycles. The van der Waals surface area contributed by atoms with Crippen molar-refractivity contribution in [3.8, 4) is 0 Å². The summed E-state index contributed by atoms with van der Waals surface area (Å²) in [5.41, 5.74) is 0. The van der Waals surface area contributed by atoms with E-state index in [1.807, 2.05) is 0 Å². The van der Waals surface area contributed by atoms with Gasteiger partial charge in [0.2, 0.25) is 0 Å². The van der Waals surface area contributed by atoms with Crippen LogP contribution in [-0.4, -0.2) is 115 Å². The Morgan fingerprint density at radius 2 is 1.26 bits per heavy atom. The Kier molecular flexibility index (Phi) is 6.27. The molecule has 23 heavy (non-hydrogen) atoms. The van der Waals surface area contributed by atoms with Crippen LogP contribution in [0.15, 0.2) is 0 Å². The Hall–Kier alpha value is -0.440. The summed E-state index contributed by atoms with van der Waals surface area (Å²) in [5.74, 6) is 0. The molecule has 0 amide bonds. The van der Waals surface area contributed by atoms with E-state index in [1.165, 1.54) is 0 Å². The monoisotopic (exact) mass is 342 g/mol. The Balaban J connectivity index is 2.11. The van der Waals surface area contributed by atoms with E-state index in [0.717, 1.165) is 0 Å². The maximum atomic E-state index is 9.94. The van der Waals surface area contributed by atoms with Gasteiger partial charge in [-0.3, -0.25) is 0 Å². The number of ether oxygens (including phenoxy) is 3. The normalized spacial score (nSPS) is 51.7. The molecule has 0 spiro atoms. The summed E-state index contributed by atoms with van der Waals surface area (Å²) in [6, 6.07) is 0. The summed E-state index contributed by atoms with van der Waals surface area (Å²) in [5, 5.41) is 76.5. The summed E-state index contributed by atoms with van der Waals surface area (Å²) in [4.78, 5) is 0. The van der Waals surface area contributed by atoms with E-state index in [9.17, 15) is 35.7 Å². The highest BCUT2D eigenvalue weighted by atomic mass is 16.7. The van der Waals surface area contributed by atoms with Gasteiger partial charge < -0.3 is 55.1 Å². The number of hydrogen-bond acceptors (Lipinski definition) is 11. The van der Waals surface area contributed by atoms with E-state index in [0.29, 0.717) is 0 Å². The molecular formula is C12H22O11. The van der Waals surface area contributed by atoms with Crippen LogP contribution in [0.2, 0.25) is 0 Å². The van der Waals surface area contributed by atoms with Crippen molar-refractivity contribution >= 4 is 0 Å². The van der Waals surface area contributed by atoms with Crippen LogP contribution in [0.1, 0.15) is 0 Å². The molecule has 136 valence electrons. The summed E-state index contributed by atoms with van der Waals surface area (Å²) < 4.78 is 15.3. The molecule has 0 aromatic rings. The lowest BCUT2D eigenvalue weighted by molar-refractivity contribution is -0.355. The van der Waals surface area contributed by atoms with Crippen LogP contribution < -0.4 is 0 Å². The van der Waals surface area contributed by atoms with Gasteiger partial charge >= 0.3 is 0 Å². The van der Waals surface area contributed by atoms with Crippen LogP contribution in [0.5, 0.6) is 0 Å². The topological polar surface area (TPSA) is 190 Å². The van der Waals surface area contributed by atoms with E-state index in [4.69, 9.17) is 19.3 Å². The molecule has 0 aromatic heterocycles. The predicted octanol–water partition coefficient (Wildman–Crippen LogP) is -5.40. The van der Waals surface area contributed by atoms with Crippen molar-refractivity contribution in [2.75, 3.05) is 13.2 Å². The average molecular weight is 342 g/mol. The standard InChI is InChI=1S/C12H22O11/c13-1-3-5(15)6(16)9(19)12(22-3)23-10-4(2-14)21-11(20)8(18)7(10)17/h3-20H,1-2H2/t3?,4-,5-,6?,7?,8?,9?,10+,11+,12-/m0/s1. The highest BCUT2D eigenvalue weighted by Crippen LogP contribution is 2.28. The maximum absolute atomic E-state index is 9.94. The summed E-state index contributed by atoms with van der Waals surface area (Å²) in [6.45, 7) is -1.35. The molecule has 0 saturated carbocycles. The lowest BCUT2D eigenvalue weighted by atomic mass is 9.97. The minimum Gasteiger partial charge on any atom is -0.394 e. The lowest BCUT2D eigenvalue weighted by Gasteiger charge is -2.45. The van der Waals surface area contributed by atoms with Crippen molar-refractivity contribution in [3.63, 3.8) is 0 Å². The predicted molar refractivity (Wildman–Crippen MR) is 68.6 cm³/mol. The third-order valence-electron chi connectivity index (χ3n) is 3.98. The molecule has 2 aliphatic heterocycles. The van der Waals surface area contributed by atoms with Crippen LogP contribution in [0, 0.1) is 0 Å². The van der Waals surface area contributed by atoms with Crippen LogP contribution in [0.4, 0.5) is 0 Å². The first-order chi connectivity index (χ1) is 10.8. The summed E-state index contributed by atoms with van der Waals surface area (Å²) in [7, 11) is 0. The first-order valence-corrected chi connectivity index (χ1v) is 7.08. The van der Waals surface area contributed by atoms with Crippen molar-refractivity contribution in [2.45, 2.75) is 61.4 Å². The molecule has 2 aliphatic rings. The van der Waals surface area contributed by atoms with Gasteiger partial charge in [0, 0.05) is 0 Å². The maximum Gasteiger partial charge on any atom is 0.187 e. The van der Waals surface area contributed by atoms with Gasteiger partial charge in [-0.05, 0) is 0 Å². The van der Waals surface area contributed by atoms with Gasteiger partial charge in [-0.25, -0.2) is 0 Å². The minimum absolute atomic E-state index is 0.667. The second-order valence-corrected chi connectivity index (χ2v) is 5.53. The molecule has 2 saturated heterocycles. The molecule has 0 bridgehead atoms. The fraction of sp³-hybridized carbons (Fsp3) is 1.00. The van der Waals surface area contributed by atoms with Gasteiger partial charge in [-0.2, -0.15) is 0 Å². The zero-order valence-electron chi connectivity index (χ0n) is 12.0. The van der Waals surface area contributed by atoms with Crippen molar-refractivity contribution < 1.29 is 55.1 Å². The zero-order valence-corrected chi connectivity index (χ0v) is 12.0. The summed E-state index contributed by atoms with van der Waals surface area (Å²) in [6.07, 6.45) is -15.6. The van der Waals surface area contributed by atoms with E-state index in [-0.39, 0.29) is 0 Å². The second-order valence-electron chi connectivity index (χ2n) is 5.53. The van der Waals surface area contributed by atoms with Gasteiger partial charge in [0.05, 0.1) is 13.2 Å². The van der Waals surface area contributed by atoms with Crippen LogP contribution >= 0.6 is 0 Å². The molecule has 8 N–H and O–H groups in total. The van der Waals surface area contributed by atoms with Crippen molar-refractivity contribution in [1.82, 2.24) is 0 Å². The van der Waals surface area contributed by atoms with Gasteiger partial charge in [0.15, 0.2) is 12.6 Å². The van der Waals surface area contributed by atoms with Gasteiger partial charge in [0.25, 0.3) is 0 Å². The van der Waals surface area contributed by atoms with E-state index in [1.54, 1.807) is 0 Å². The third kappa shape index (κ3) is 3.65. The highest BCUT2D eigenvalue weighted by Gasteiger charge is 2.50. The third-order valence-corrected chi connectivity index (χ3v) is 3.98. The van der Waals surface area contributed by atoms with Crippen molar-refractivity contribution in [3.05, 3.63) is 0 Å². The molecule has 11 heteroatoms. The van der Waals surface area contributed by atoms with Crippen LogP contribution in [0.25, 0.3) is 0 Å². The molecule has 5 unspecified atom stereocenters. The van der Waals surface area contributed by atoms with E-state index >= 15 is 0 Å².